The number of pyridine rings is 2. The van der Waals surface area contributed by atoms with Crippen LogP contribution in [-0.2, 0) is 6.54 Å². The number of aromatic nitrogens is 3. The maximum atomic E-state index is 13.5. The van der Waals surface area contributed by atoms with Gasteiger partial charge in [0.15, 0.2) is 11.6 Å². The monoisotopic (exact) mass is 379 g/mol. The number of amides is 1. The van der Waals surface area contributed by atoms with Crippen molar-refractivity contribution in [1.82, 2.24) is 20.3 Å². The van der Waals surface area contributed by atoms with Crippen LogP contribution in [0.4, 0.5) is 10.2 Å². The van der Waals surface area contributed by atoms with Crippen LogP contribution in [0.25, 0.3) is 21.5 Å². The second-order valence-electron chi connectivity index (χ2n) is 5.84. The van der Waals surface area contributed by atoms with Crippen molar-refractivity contribution >= 4 is 34.0 Å². The molecule has 0 unspecified atom stereocenters. The van der Waals surface area contributed by atoms with Gasteiger partial charge in [0, 0.05) is 29.9 Å². The van der Waals surface area contributed by atoms with Gasteiger partial charge in [-0.25, -0.2) is 14.4 Å². The van der Waals surface area contributed by atoms with Gasteiger partial charge in [-0.1, -0.05) is 12.1 Å². The fourth-order valence-corrected chi connectivity index (χ4v) is 3.41. The van der Waals surface area contributed by atoms with Crippen LogP contribution in [0, 0.1) is 5.82 Å². The molecule has 0 atom stereocenters. The number of rotatable bonds is 4. The lowest BCUT2D eigenvalue weighted by atomic mass is 10.1. The normalized spacial score (nSPS) is 10.9. The van der Waals surface area contributed by atoms with Crippen molar-refractivity contribution in [2.24, 2.45) is 0 Å². The minimum absolute atomic E-state index is 0.142. The van der Waals surface area contributed by atoms with Crippen molar-refractivity contribution in [3.63, 3.8) is 0 Å². The summed E-state index contributed by atoms with van der Waals surface area (Å²) in [4.78, 5) is 25.3. The molecule has 0 aliphatic rings. The predicted octanol–water partition coefficient (Wildman–Crippen LogP) is 3.40. The fraction of sp³-hybridized carbons (Fsp3) is 0.0526. The Balaban J connectivity index is 1.47. The number of anilines is 1. The Bertz CT molecular complexity index is 1130. The average Bonchev–Trinajstić information content (AvgIpc) is 3.18. The van der Waals surface area contributed by atoms with E-state index in [4.69, 9.17) is 5.73 Å². The summed E-state index contributed by atoms with van der Waals surface area (Å²) < 4.78 is 13.5. The SMILES string of the molecule is Nc1nc2cc(CNC(=O)c3cnc(-c4cccnc4)s3)ccc2cc1F. The summed E-state index contributed by atoms with van der Waals surface area (Å²) in [6.45, 7) is 0.313. The topological polar surface area (TPSA) is 93.8 Å². The van der Waals surface area contributed by atoms with E-state index in [1.165, 1.54) is 17.4 Å². The molecule has 0 saturated carbocycles. The van der Waals surface area contributed by atoms with E-state index in [2.05, 4.69) is 20.3 Å². The number of carbonyl (C=O) groups is 1. The van der Waals surface area contributed by atoms with Crippen molar-refractivity contribution in [3.05, 3.63) is 71.2 Å². The molecule has 4 rings (SSSR count). The van der Waals surface area contributed by atoms with E-state index in [-0.39, 0.29) is 11.7 Å². The van der Waals surface area contributed by atoms with Gasteiger partial charge in [-0.05, 0) is 29.8 Å². The number of carbonyl (C=O) groups excluding carboxylic acids is 1. The lowest BCUT2D eigenvalue weighted by molar-refractivity contribution is 0.0955. The highest BCUT2D eigenvalue weighted by atomic mass is 32.1. The molecule has 3 aromatic heterocycles. The zero-order valence-electron chi connectivity index (χ0n) is 14.0. The molecule has 27 heavy (non-hydrogen) atoms. The lowest BCUT2D eigenvalue weighted by Gasteiger charge is -2.06. The molecule has 4 aromatic rings. The zero-order chi connectivity index (χ0) is 18.8. The molecule has 0 spiro atoms. The molecule has 0 saturated heterocycles. The molecule has 8 heteroatoms. The molecule has 1 aromatic carbocycles. The highest BCUT2D eigenvalue weighted by molar-refractivity contribution is 7.16. The van der Waals surface area contributed by atoms with Crippen LogP contribution in [-0.4, -0.2) is 20.9 Å². The lowest BCUT2D eigenvalue weighted by Crippen LogP contribution is -2.21. The molecule has 134 valence electrons. The summed E-state index contributed by atoms with van der Waals surface area (Å²) in [6.07, 6.45) is 4.94. The highest BCUT2D eigenvalue weighted by Gasteiger charge is 2.12. The number of hydrogen-bond donors (Lipinski definition) is 2. The molecular formula is C19H14FN5OS. The number of halogens is 1. The first-order chi connectivity index (χ1) is 13.1. The molecule has 0 fully saturated rings. The Morgan fingerprint density at radius 2 is 2.11 bits per heavy atom. The van der Waals surface area contributed by atoms with Crippen molar-refractivity contribution in [2.75, 3.05) is 5.73 Å². The number of hydrogen-bond acceptors (Lipinski definition) is 6. The molecule has 0 bridgehead atoms. The number of nitrogens with one attached hydrogen (secondary N) is 1. The van der Waals surface area contributed by atoms with Crippen LogP contribution in [0.3, 0.4) is 0 Å². The summed E-state index contributed by atoms with van der Waals surface area (Å²) in [7, 11) is 0. The summed E-state index contributed by atoms with van der Waals surface area (Å²) in [5, 5.41) is 4.24. The summed E-state index contributed by atoms with van der Waals surface area (Å²) in [5.74, 6) is -0.899. The largest absolute Gasteiger partial charge is 0.381 e. The number of nitrogens with zero attached hydrogens (tertiary/aromatic N) is 3. The van der Waals surface area contributed by atoms with Crippen LogP contribution in [0.15, 0.2) is 55.0 Å². The molecule has 6 nitrogen and oxygen atoms in total. The van der Waals surface area contributed by atoms with Crippen LogP contribution >= 0.6 is 11.3 Å². The van der Waals surface area contributed by atoms with Gasteiger partial charge in [0.05, 0.1) is 11.7 Å². The van der Waals surface area contributed by atoms with Gasteiger partial charge in [-0.15, -0.1) is 11.3 Å². The standard InChI is InChI=1S/C19H14FN5OS/c20-14-7-12-4-3-11(6-15(12)25-17(14)21)8-23-18(26)16-10-24-19(27-16)13-2-1-5-22-9-13/h1-7,9-10H,8H2,(H2,21,25)(H,23,26). The van der Waals surface area contributed by atoms with Crippen LogP contribution in [0.1, 0.15) is 15.2 Å². The van der Waals surface area contributed by atoms with Crippen molar-refractivity contribution < 1.29 is 9.18 Å². The van der Waals surface area contributed by atoms with Crippen LogP contribution in [0.2, 0.25) is 0 Å². The smallest absolute Gasteiger partial charge is 0.263 e. The van der Waals surface area contributed by atoms with E-state index in [0.29, 0.717) is 22.3 Å². The zero-order valence-corrected chi connectivity index (χ0v) is 14.8. The van der Waals surface area contributed by atoms with Crippen molar-refractivity contribution in [1.29, 1.82) is 0 Å². The van der Waals surface area contributed by atoms with Gasteiger partial charge in [0.25, 0.3) is 5.91 Å². The van der Waals surface area contributed by atoms with Crippen LogP contribution in [0.5, 0.6) is 0 Å². The third kappa shape index (κ3) is 3.61. The Hall–Kier alpha value is -3.39. The highest BCUT2D eigenvalue weighted by Crippen LogP contribution is 2.24. The van der Waals surface area contributed by atoms with Gasteiger partial charge in [-0.2, -0.15) is 0 Å². The molecule has 3 N–H and O–H groups in total. The maximum Gasteiger partial charge on any atom is 0.263 e. The summed E-state index contributed by atoms with van der Waals surface area (Å²) in [5.41, 5.74) is 7.81. The first kappa shape index (κ1) is 17.0. The van der Waals surface area contributed by atoms with Gasteiger partial charge in [-0.3, -0.25) is 9.78 Å². The van der Waals surface area contributed by atoms with E-state index < -0.39 is 5.82 Å². The van der Waals surface area contributed by atoms with E-state index in [0.717, 1.165) is 16.1 Å². The average molecular weight is 379 g/mol. The first-order valence-electron chi connectivity index (χ1n) is 8.09. The molecular weight excluding hydrogens is 365 g/mol. The Morgan fingerprint density at radius 3 is 2.93 bits per heavy atom. The number of fused-ring (bicyclic) bond motifs is 1. The minimum Gasteiger partial charge on any atom is -0.381 e. The summed E-state index contributed by atoms with van der Waals surface area (Å²) in [6, 6.07) is 10.4. The number of nitrogen functional groups attached to an aromatic ring is 1. The molecule has 3 heterocycles. The first-order valence-corrected chi connectivity index (χ1v) is 8.91. The quantitative estimate of drug-likeness (QED) is 0.567. The Kier molecular flexibility index (Phi) is 4.47. The predicted molar refractivity (Wildman–Crippen MR) is 103 cm³/mol. The number of benzene rings is 1. The van der Waals surface area contributed by atoms with E-state index in [9.17, 15) is 9.18 Å². The van der Waals surface area contributed by atoms with Crippen molar-refractivity contribution in [3.8, 4) is 10.6 Å². The third-order valence-corrected chi connectivity index (χ3v) is 5.00. The van der Waals surface area contributed by atoms with Gasteiger partial charge in [0.1, 0.15) is 9.88 Å². The Labute approximate surface area is 157 Å². The number of nitrogens with two attached hydrogens (primary N) is 1. The molecule has 0 aliphatic heterocycles. The minimum atomic E-state index is -0.543. The molecule has 0 aliphatic carbocycles. The third-order valence-electron chi connectivity index (χ3n) is 3.95. The molecule has 0 radical (unpaired) electrons. The summed E-state index contributed by atoms with van der Waals surface area (Å²) >= 11 is 1.30. The fourth-order valence-electron chi connectivity index (χ4n) is 2.58. The van der Waals surface area contributed by atoms with Gasteiger partial charge >= 0.3 is 0 Å². The Morgan fingerprint density at radius 1 is 1.22 bits per heavy atom. The van der Waals surface area contributed by atoms with E-state index in [1.807, 2.05) is 18.2 Å². The van der Waals surface area contributed by atoms with E-state index in [1.54, 1.807) is 30.7 Å². The van der Waals surface area contributed by atoms with E-state index >= 15 is 0 Å². The second kappa shape index (κ2) is 7.08. The second-order valence-corrected chi connectivity index (χ2v) is 6.87. The maximum absolute atomic E-state index is 13.5. The number of thiazole rings is 1. The van der Waals surface area contributed by atoms with Gasteiger partial charge in [0.2, 0.25) is 0 Å². The van der Waals surface area contributed by atoms with Crippen molar-refractivity contribution in [2.45, 2.75) is 6.54 Å². The van der Waals surface area contributed by atoms with Crippen LogP contribution < -0.4 is 11.1 Å². The molecule has 1 amide bonds. The van der Waals surface area contributed by atoms with Gasteiger partial charge < -0.3 is 11.1 Å².